The molecule has 0 saturated carbocycles. The minimum Gasteiger partial charge on any atom is -0.487 e. The molecule has 0 bridgehead atoms. The topological polar surface area (TPSA) is 39.7 Å². The van der Waals surface area contributed by atoms with Crippen molar-refractivity contribution in [3.8, 4) is 11.5 Å². The summed E-state index contributed by atoms with van der Waals surface area (Å²) in [5.41, 5.74) is 4.71. The first-order valence-electron chi connectivity index (χ1n) is 8.01. The predicted molar refractivity (Wildman–Crippen MR) is 89.1 cm³/mol. The van der Waals surface area contributed by atoms with E-state index in [0.717, 1.165) is 42.9 Å². The van der Waals surface area contributed by atoms with Crippen LogP contribution in [0.15, 0.2) is 0 Å². The van der Waals surface area contributed by atoms with Gasteiger partial charge < -0.3 is 19.5 Å². The zero-order valence-electron chi connectivity index (χ0n) is 14.8. The molecule has 0 aliphatic carbocycles. The molecule has 1 aliphatic heterocycles. The van der Waals surface area contributed by atoms with E-state index in [0.29, 0.717) is 0 Å². The van der Waals surface area contributed by atoms with Crippen molar-refractivity contribution >= 4 is 0 Å². The first-order chi connectivity index (χ1) is 10.4. The van der Waals surface area contributed by atoms with Crippen LogP contribution in [-0.2, 0) is 11.2 Å². The summed E-state index contributed by atoms with van der Waals surface area (Å²) in [5.74, 6) is 2.00. The SMILES string of the molecule is CNCCC1(C)CCc2c(C)c(OCOC)c(C)c(C)c2O1. The summed E-state index contributed by atoms with van der Waals surface area (Å²) >= 11 is 0. The maximum atomic E-state index is 6.45. The maximum absolute atomic E-state index is 6.45. The average molecular weight is 307 g/mol. The zero-order valence-corrected chi connectivity index (χ0v) is 14.8. The summed E-state index contributed by atoms with van der Waals surface area (Å²) in [6.07, 6.45) is 3.09. The van der Waals surface area contributed by atoms with E-state index in [1.54, 1.807) is 7.11 Å². The highest BCUT2D eigenvalue weighted by molar-refractivity contribution is 5.59. The van der Waals surface area contributed by atoms with Gasteiger partial charge in [0.15, 0.2) is 6.79 Å². The molecule has 1 heterocycles. The Balaban J connectivity index is 2.37. The molecule has 0 amide bonds. The molecule has 1 aliphatic rings. The maximum Gasteiger partial charge on any atom is 0.188 e. The van der Waals surface area contributed by atoms with Crippen LogP contribution in [0.5, 0.6) is 11.5 Å². The lowest BCUT2D eigenvalue weighted by atomic mass is 9.85. The van der Waals surface area contributed by atoms with Crippen LogP contribution in [0.4, 0.5) is 0 Å². The number of rotatable bonds is 6. The van der Waals surface area contributed by atoms with Crippen molar-refractivity contribution in [2.45, 2.75) is 52.6 Å². The lowest BCUT2D eigenvalue weighted by Gasteiger charge is -2.38. The average Bonchev–Trinajstić information content (AvgIpc) is 2.51. The Hall–Kier alpha value is -1.26. The molecule has 1 N–H and O–H groups in total. The van der Waals surface area contributed by atoms with Crippen molar-refractivity contribution in [1.29, 1.82) is 0 Å². The number of nitrogens with one attached hydrogen (secondary N) is 1. The quantitative estimate of drug-likeness (QED) is 0.819. The van der Waals surface area contributed by atoms with Gasteiger partial charge in [0.2, 0.25) is 0 Å². The fourth-order valence-electron chi connectivity index (χ4n) is 3.18. The molecule has 2 rings (SSSR count). The Labute approximate surface area is 134 Å². The minimum absolute atomic E-state index is 0.0887. The fraction of sp³-hybridized carbons (Fsp3) is 0.667. The van der Waals surface area contributed by atoms with Crippen LogP contribution in [0.3, 0.4) is 0 Å². The van der Waals surface area contributed by atoms with Gasteiger partial charge in [0.1, 0.15) is 17.1 Å². The number of methoxy groups -OCH3 is 1. The molecule has 22 heavy (non-hydrogen) atoms. The highest BCUT2D eigenvalue weighted by Crippen LogP contribution is 2.44. The molecule has 0 radical (unpaired) electrons. The number of fused-ring (bicyclic) bond motifs is 1. The summed E-state index contributed by atoms with van der Waals surface area (Å²) in [7, 11) is 3.63. The van der Waals surface area contributed by atoms with Gasteiger partial charge in [-0.1, -0.05) is 0 Å². The minimum atomic E-state index is -0.0887. The van der Waals surface area contributed by atoms with Crippen LogP contribution in [0.1, 0.15) is 42.0 Å². The van der Waals surface area contributed by atoms with Crippen molar-refractivity contribution in [1.82, 2.24) is 5.32 Å². The lowest BCUT2D eigenvalue weighted by Crippen LogP contribution is -2.39. The number of ether oxygens (including phenoxy) is 3. The summed E-state index contributed by atoms with van der Waals surface area (Å²) in [4.78, 5) is 0. The summed E-state index contributed by atoms with van der Waals surface area (Å²) < 4.78 is 17.3. The van der Waals surface area contributed by atoms with E-state index in [-0.39, 0.29) is 12.4 Å². The first kappa shape index (κ1) is 17.1. The molecule has 0 saturated heterocycles. The van der Waals surface area contributed by atoms with Crippen LogP contribution < -0.4 is 14.8 Å². The first-order valence-corrected chi connectivity index (χ1v) is 8.01. The van der Waals surface area contributed by atoms with Gasteiger partial charge in [-0.15, -0.1) is 0 Å². The number of benzene rings is 1. The standard InChI is InChI=1S/C18H29NO3/c1-12-13(2)17-15(14(3)16(12)21-11-20-6)7-8-18(4,22-17)9-10-19-5/h19H,7-11H2,1-6H3. The fourth-order valence-corrected chi connectivity index (χ4v) is 3.18. The molecule has 1 unspecified atom stereocenters. The molecule has 0 fully saturated rings. The third-order valence-corrected chi connectivity index (χ3v) is 4.79. The lowest BCUT2D eigenvalue weighted by molar-refractivity contribution is 0.0465. The molecule has 4 heteroatoms. The van der Waals surface area contributed by atoms with Gasteiger partial charge in [-0.2, -0.15) is 0 Å². The van der Waals surface area contributed by atoms with Gasteiger partial charge in [0, 0.05) is 12.7 Å². The highest BCUT2D eigenvalue weighted by Gasteiger charge is 2.34. The van der Waals surface area contributed by atoms with Gasteiger partial charge in [-0.05, 0) is 77.2 Å². The van der Waals surface area contributed by atoms with Gasteiger partial charge in [0.25, 0.3) is 0 Å². The molecule has 1 atom stereocenters. The van der Waals surface area contributed by atoms with Crippen LogP contribution in [0, 0.1) is 20.8 Å². The largest absolute Gasteiger partial charge is 0.487 e. The zero-order chi connectivity index (χ0) is 16.3. The Morgan fingerprint density at radius 3 is 2.55 bits per heavy atom. The van der Waals surface area contributed by atoms with Gasteiger partial charge in [0.05, 0.1) is 0 Å². The molecule has 124 valence electrons. The third-order valence-electron chi connectivity index (χ3n) is 4.79. The molecule has 1 aromatic rings. The van der Waals surface area contributed by atoms with Gasteiger partial charge in [-0.25, -0.2) is 0 Å². The highest BCUT2D eigenvalue weighted by atomic mass is 16.7. The Kier molecular flexibility index (Phi) is 5.35. The van der Waals surface area contributed by atoms with Crippen LogP contribution in [0.25, 0.3) is 0 Å². The van der Waals surface area contributed by atoms with Gasteiger partial charge >= 0.3 is 0 Å². The Bertz CT molecular complexity index is 542. The predicted octanol–water partition coefficient (Wildman–Crippen LogP) is 3.29. The van der Waals surface area contributed by atoms with Crippen molar-refractivity contribution in [3.05, 3.63) is 22.3 Å². The summed E-state index contributed by atoms with van der Waals surface area (Å²) in [6.45, 7) is 9.80. The van der Waals surface area contributed by atoms with Crippen LogP contribution in [0.2, 0.25) is 0 Å². The Morgan fingerprint density at radius 1 is 1.18 bits per heavy atom. The molecule has 4 nitrogen and oxygen atoms in total. The Morgan fingerprint density at radius 2 is 1.91 bits per heavy atom. The third kappa shape index (κ3) is 3.23. The normalized spacial score (nSPS) is 20.5. The van der Waals surface area contributed by atoms with Crippen molar-refractivity contribution < 1.29 is 14.2 Å². The monoisotopic (exact) mass is 307 g/mol. The second kappa shape index (κ2) is 6.88. The van der Waals surface area contributed by atoms with E-state index in [1.165, 1.54) is 16.7 Å². The smallest absolute Gasteiger partial charge is 0.188 e. The molecular formula is C18H29NO3. The van der Waals surface area contributed by atoms with Crippen molar-refractivity contribution in [3.63, 3.8) is 0 Å². The van der Waals surface area contributed by atoms with Gasteiger partial charge in [-0.3, -0.25) is 0 Å². The second-order valence-corrected chi connectivity index (χ2v) is 6.47. The van der Waals surface area contributed by atoms with Crippen molar-refractivity contribution in [2.75, 3.05) is 27.5 Å². The van der Waals surface area contributed by atoms with Crippen LogP contribution in [-0.4, -0.2) is 33.1 Å². The molecule has 0 aromatic heterocycles. The van der Waals surface area contributed by atoms with Crippen LogP contribution >= 0.6 is 0 Å². The van der Waals surface area contributed by atoms with E-state index < -0.39 is 0 Å². The number of hydrogen-bond donors (Lipinski definition) is 1. The van der Waals surface area contributed by atoms with E-state index in [4.69, 9.17) is 14.2 Å². The van der Waals surface area contributed by atoms with E-state index in [2.05, 4.69) is 33.0 Å². The summed E-state index contributed by atoms with van der Waals surface area (Å²) in [5, 5.41) is 3.22. The van der Waals surface area contributed by atoms with Crippen molar-refractivity contribution in [2.24, 2.45) is 0 Å². The van der Waals surface area contributed by atoms with E-state index in [1.807, 2.05) is 7.05 Å². The molecule has 1 aromatic carbocycles. The molecule has 0 spiro atoms. The number of hydrogen-bond acceptors (Lipinski definition) is 4. The second-order valence-electron chi connectivity index (χ2n) is 6.47. The molecular weight excluding hydrogens is 278 g/mol. The summed E-state index contributed by atoms with van der Waals surface area (Å²) in [6, 6.07) is 0. The van der Waals surface area contributed by atoms with E-state index in [9.17, 15) is 0 Å². The van der Waals surface area contributed by atoms with E-state index >= 15 is 0 Å².